The van der Waals surface area contributed by atoms with E-state index >= 15 is 0 Å². The minimum Gasteiger partial charge on any atom is -1.00 e. The van der Waals surface area contributed by atoms with Gasteiger partial charge in [-0.3, -0.25) is 9.59 Å². The number of carboxylic acid groups (broad SMARTS) is 1. The molecule has 0 aliphatic carbocycles. The summed E-state index contributed by atoms with van der Waals surface area (Å²) in [7, 11) is 0. The van der Waals surface area contributed by atoms with E-state index in [-0.39, 0.29) is 20.4 Å². The first-order chi connectivity index (χ1) is 10.1. The predicted octanol–water partition coefficient (Wildman–Crippen LogP) is 2.33. The largest absolute Gasteiger partial charge is 1.00 e. The van der Waals surface area contributed by atoms with Crippen molar-refractivity contribution in [1.82, 2.24) is 0 Å². The topological polar surface area (TPSA) is 69.6 Å². The van der Waals surface area contributed by atoms with Gasteiger partial charge in [-0.25, -0.2) is 0 Å². The molecular weight excluding hydrogens is 268 g/mol. The van der Waals surface area contributed by atoms with Gasteiger partial charge in [-0.05, 0) is 24.3 Å². The predicted molar refractivity (Wildman–Crippen MR) is 82.5 cm³/mol. The molecule has 21 heavy (non-hydrogen) atoms. The Morgan fingerprint density at radius 1 is 0.952 bits per heavy atom. The van der Waals surface area contributed by atoms with Crippen LogP contribution >= 0.6 is 0 Å². The number of carbonyl (C=O) groups excluding carboxylic acids is 1. The summed E-state index contributed by atoms with van der Waals surface area (Å²) >= 11 is 0. The van der Waals surface area contributed by atoms with Crippen molar-refractivity contribution in [1.29, 1.82) is 0 Å². The lowest BCUT2D eigenvalue weighted by molar-refractivity contribution is -0.135. The molecule has 0 bridgehead atoms. The van der Waals surface area contributed by atoms with Crippen molar-refractivity contribution in [2.24, 2.45) is 0 Å². The number of carbonyl (C=O) groups is 2. The van der Waals surface area contributed by atoms with E-state index in [0.717, 1.165) is 0 Å². The Balaban J connectivity index is 0.00000242. The summed E-state index contributed by atoms with van der Waals surface area (Å²) in [6, 6.07) is 18.1. The fourth-order valence-electron chi connectivity index (χ4n) is 1.94. The van der Waals surface area contributed by atoms with Gasteiger partial charge in [-0.15, -0.1) is 0 Å². The average Bonchev–Trinajstić information content (AvgIpc) is 2.48. The quantitative estimate of drug-likeness (QED) is 0.855. The number of aliphatic carboxylic acids is 1. The molecule has 2 rings (SSSR count). The number of nitrogens with zero attached hydrogens (tertiary/aromatic N) is 1. The van der Waals surface area contributed by atoms with Crippen molar-refractivity contribution < 1.29 is 16.1 Å². The maximum Gasteiger partial charge on any atom is 0.323 e. The molecule has 0 spiro atoms. The van der Waals surface area contributed by atoms with Crippen LogP contribution < -0.4 is 10.2 Å². The number of hydrogen-bond acceptors (Lipinski definition) is 3. The second-order valence-corrected chi connectivity index (χ2v) is 4.50. The van der Waals surface area contributed by atoms with E-state index in [1.54, 1.807) is 36.4 Å². The smallest absolute Gasteiger partial charge is 0.323 e. The lowest BCUT2D eigenvalue weighted by Crippen LogP contribution is -2.37. The second-order valence-electron chi connectivity index (χ2n) is 4.50. The summed E-state index contributed by atoms with van der Waals surface area (Å²) in [5, 5.41) is 11.7. The van der Waals surface area contributed by atoms with Gasteiger partial charge in [0.25, 0.3) is 0 Å². The number of amides is 1. The highest BCUT2D eigenvalue weighted by molar-refractivity contribution is 5.94. The van der Waals surface area contributed by atoms with Gasteiger partial charge in [0.2, 0.25) is 5.91 Å². The highest BCUT2D eigenvalue weighted by atomic mass is 16.4. The molecule has 0 unspecified atom stereocenters. The zero-order valence-electron chi connectivity index (χ0n) is 12.4. The Labute approximate surface area is 124 Å². The van der Waals surface area contributed by atoms with Crippen LogP contribution in [0.3, 0.4) is 0 Å². The van der Waals surface area contributed by atoms with Crippen LogP contribution in [0.2, 0.25) is 0 Å². The van der Waals surface area contributed by atoms with E-state index in [1.807, 2.05) is 24.3 Å². The van der Waals surface area contributed by atoms with E-state index in [1.165, 1.54) is 4.90 Å². The molecule has 110 valence electrons. The number of para-hydroxylation sites is 2. The molecular formula is C16H17N2O3-. The molecule has 0 fully saturated rings. The molecule has 1 amide bonds. The Morgan fingerprint density at radius 3 is 2.10 bits per heavy atom. The highest BCUT2D eigenvalue weighted by Crippen LogP contribution is 2.13. The summed E-state index contributed by atoms with van der Waals surface area (Å²) in [4.78, 5) is 24.5. The third-order valence-electron chi connectivity index (χ3n) is 2.84. The zero-order chi connectivity index (χ0) is 15.1. The van der Waals surface area contributed by atoms with Crippen molar-refractivity contribution in [3.63, 3.8) is 0 Å². The van der Waals surface area contributed by atoms with E-state index in [9.17, 15) is 9.59 Å². The molecule has 5 nitrogen and oxygen atoms in total. The van der Waals surface area contributed by atoms with Gasteiger partial charge in [-0.2, -0.15) is 0 Å². The molecule has 0 aliphatic rings. The third-order valence-corrected chi connectivity index (χ3v) is 2.84. The first-order valence-corrected chi connectivity index (χ1v) is 6.52. The normalized spacial score (nSPS) is 9.90. The highest BCUT2D eigenvalue weighted by Gasteiger charge is 2.14. The summed E-state index contributed by atoms with van der Waals surface area (Å²) in [6.45, 7) is -0.253. The van der Waals surface area contributed by atoms with Gasteiger partial charge in [0.15, 0.2) is 0 Å². The SMILES string of the molecule is O=C(O)CN(CC(=O)Nc1ccccc1)c1ccccc1.[3H-]. The first kappa shape index (κ1) is 14.6. The minimum atomic E-state index is -0.980. The maximum atomic E-state index is 12.0. The number of rotatable bonds is 6. The number of anilines is 2. The maximum absolute atomic E-state index is 12.0. The summed E-state index contributed by atoms with van der Waals surface area (Å²) in [5.74, 6) is -1.24. The van der Waals surface area contributed by atoms with E-state index in [2.05, 4.69) is 5.32 Å². The molecule has 0 aromatic heterocycles. The van der Waals surface area contributed by atoms with Crippen LogP contribution in [0.4, 0.5) is 11.4 Å². The van der Waals surface area contributed by atoms with Gasteiger partial charge in [0.05, 0.1) is 6.54 Å². The van der Waals surface area contributed by atoms with Crippen LogP contribution in [0, 0.1) is 0 Å². The van der Waals surface area contributed by atoms with E-state index < -0.39 is 5.97 Å². The van der Waals surface area contributed by atoms with Crippen LogP contribution in [0.1, 0.15) is 1.43 Å². The van der Waals surface area contributed by atoms with Crippen molar-refractivity contribution in [2.75, 3.05) is 23.3 Å². The number of carboxylic acids is 1. The molecule has 0 aliphatic heterocycles. The first-order valence-electron chi connectivity index (χ1n) is 6.52. The van der Waals surface area contributed by atoms with Gasteiger partial charge in [-0.1, -0.05) is 36.4 Å². The van der Waals surface area contributed by atoms with Gasteiger partial charge in [0.1, 0.15) is 6.54 Å². The Bertz CT molecular complexity index is 605. The standard InChI is InChI=1S/C16H16N2O3.H/c19-15(17-13-7-3-1-4-8-13)11-18(12-16(20)21)14-9-5-2-6-10-14;/h1-10H,11-12H2,(H,17,19)(H,20,21);/q;-1/i;1+2. The second kappa shape index (κ2) is 7.09. The number of benzene rings is 2. The Hall–Kier alpha value is -2.82. The lowest BCUT2D eigenvalue weighted by atomic mass is 10.2. The monoisotopic (exact) mass is 287 g/mol. The van der Waals surface area contributed by atoms with Crippen LogP contribution in [0.15, 0.2) is 60.7 Å². The molecule has 0 heterocycles. The minimum absolute atomic E-state index is 0. The van der Waals surface area contributed by atoms with Crippen LogP contribution in [-0.4, -0.2) is 30.1 Å². The molecule has 0 atom stereocenters. The summed E-state index contributed by atoms with van der Waals surface area (Å²) in [6.07, 6.45) is 0. The summed E-state index contributed by atoms with van der Waals surface area (Å²) < 4.78 is 0. The van der Waals surface area contributed by atoms with Crippen molar-refractivity contribution in [2.45, 2.75) is 0 Å². The fraction of sp³-hybridized carbons (Fsp3) is 0.125. The summed E-state index contributed by atoms with van der Waals surface area (Å²) in [5.41, 5.74) is 1.38. The van der Waals surface area contributed by atoms with Crippen LogP contribution in [0.25, 0.3) is 0 Å². The Kier molecular flexibility index (Phi) is 4.93. The van der Waals surface area contributed by atoms with E-state index in [0.29, 0.717) is 11.4 Å². The van der Waals surface area contributed by atoms with Crippen LogP contribution in [-0.2, 0) is 9.59 Å². The van der Waals surface area contributed by atoms with Crippen molar-refractivity contribution >= 4 is 23.3 Å². The van der Waals surface area contributed by atoms with Crippen LogP contribution in [0.5, 0.6) is 0 Å². The third kappa shape index (κ3) is 4.65. The molecule has 2 N–H and O–H groups in total. The molecule has 2 aromatic rings. The number of hydrogen-bond donors (Lipinski definition) is 2. The van der Waals surface area contributed by atoms with Crippen molar-refractivity contribution in [3.05, 3.63) is 60.7 Å². The molecule has 5 heteroatoms. The van der Waals surface area contributed by atoms with E-state index in [4.69, 9.17) is 5.11 Å². The molecule has 2 aromatic carbocycles. The number of nitrogens with one attached hydrogen (secondary N) is 1. The molecule has 0 saturated carbocycles. The Morgan fingerprint density at radius 2 is 1.52 bits per heavy atom. The molecule has 0 radical (unpaired) electrons. The van der Waals surface area contributed by atoms with Gasteiger partial charge in [0, 0.05) is 11.4 Å². The van der Waals surface area contributed by atoms with Crippen molar-refractivity contribution in [3.8, 4) is 0 Å². The molecule has 0 saturated heterocycles. The van der Waals surface area contributed by atoms with Gasteiger partial charge < -0.3 is 16.7 Å². The van der Waals surface area contributed by atoms with Gasteiger partial charge >= 0.3 is 5.97 Å². The lowest BCUT2D eigenvalue weighted by Gasteiger charge is -2.22. The average molecular weight is 287 g/mol. The zero-order valence-corrected chi connectivity index (χ0v) is 11.4. The fourth-order valence-corrected chi connectivity index (χ4v) is 1.94.